The fourth-order valence-electron chi connectivity index (χ4n) is 1.83. The van der Waals surface area contributed by atoms with Crippen molar-refractivity contribution in [3.63, 3.8) is 0 Å². The van der Waals surface area contributed by atoms with Gasteiger partial charge in [0.15, 0.2) is 0 Å². The average molecular weight is 279 g/mol. The highest BCUT2D eigenvalue weighted by molar-refractivity contribution is 7.99. The van der Waals surface area contributed by atoms with Gasteiger partial charge in [-0.25, -0.2) is 8.78 Å². The number of benzene rings is 2. The largest absolute Gasteiger partial charge is 0.327 e. The molecule has 0 bridgehead atoms. The maximum Gasteiger partial charge on any atom is 0.139 e. The first-order valence-corrected chi connectivity index (χ1v) is 6.88. The molecule has 0 aliphatic rings. The fourth-order valence-corrected chi connectivity index (χ4v) is 2.93. The summed E-state index contributed by atoms with van der Waals surface area (Å²) in [5.41, 5.74) is 7.01. The molecule has 0 radical (unpaired) electrons. The minimum Gasteiger partial charge on any atom is -0.327 e. The van der Waals surface area contributed by atoms with Crippen LogP contribution >= 0.6 is 11.8 Å². The molecule has 2 atom stereocenters. The Morgan fingerprint density at radius 3 is 2.32 bits per heavy atom. The van der Waals surface area contributed by atoms with Crippen LogP contribution in [0.5, 0.6) is 0 Å². The molecule has 2 aromatic carbocycles. The number of hydrogen-bond acceptors (Lipinski definition) is 2. The van der Waals surface area contributed by atoms with Crippen LogP contribution in [-0.2, 0) is 0 Å². The summed E-state index contributed by atoms with van der Waals surface area (Å²) < 4.78 is 26.6. The van der Waals surface area contributed by atoms with Crippen molar-refractivity contribution >= 4 is 11.8 Å². The molecular formula is C15H15F2NS. The van der Waals surface area contributed by atoms with E-state index in [1.807, 2.05) is 37.3 Å². The Balaban J connectivity index is 2.27. The number of thioether (sulfide) groups is 1. The van der Waals surface area contributed by atoms with E-state index >= 15 is 0 Å². The third-order valence-corrected chi connectivity index (χ3v) is 4.29. The van der Waals surface area contributed by atoms with Crippen molar-refractivity contribution in [1.82, 2.24) is 0 Å². The van der Waals surface area contributed by atoms with Gasteiger partial charge in [-0.1, -0.05) is 30.3 Å². The van der Waals surface area contributed by atoms with Crippen LogP contribution in [0.25, 0.3) is 0 Å². The van der Waals surface area contributed by atoms with E-state index < -0.39 is 11.6 Å². The molecule has 2 aromatic rings. The molecule has 0 aliphatic carbocycles. The summed E-state index contributed by atoms with van der Waals surface area (Å²) in [6.07, 6.45) is 0. The number of rotatable bonds is 4. The topological polar surface area (TPSA) is 26.0 Å². The molecule has 0 spiro atoms. The van der Waals surface area contributed by atoms with Crippen molar-refractivity contribution in [1.29, 1.82) is 0 Å². The lowest BCUT2D eigenvalue weighted by Gasteiger charge is -2.21. The zero-order valence-corrected chi connectivity index (χ0v) is 11.3. The van der Waals surface area contributed by atoms with Crippen molar-refractivity contribution in [2.75, 3.05) is 0 Å². The molecule has 0 aromatic heterocycles. The average Bonchev–Trinajstić information content (AvgIpc) is 2.38. The van der Waals surface area contributed by atoms with Gasteiger partial charge in [0.25, 0.3) is 0 Å². The molecule has 0 saturated carbocycles. The van der Waals surface area contributed by atoms with E-state index in [0.29, 0.717) is 4.90 Å². The van der Waals surface area contributed by atoms with E-state index in [9.17, 15) is 8.78 Å². The SMILES string of the molecule is CC(N)C(Sc1ccc(F)cc1F)c1ccccc1. The normalized spacial score (nSPS) is 14.1. The Labute approximate surface area is 115 Å². The number of halogens is 2. The standard InChI is InChI=1S/C15H15F2NS/c1-10(18)15(11-5-3-2-4-6-11)19-14-8-7-12(16)9-13(14)17/h2-10,15H,18H2,1H3. The molecular weight excluding hydrogens is 264 g/mol. The van der Waals surface area contributed by atoms with Crippen molar-refractivity contribution in [2.24, 2.45) is 5.73 Å². The van der Waals surface area contributed by atoms with Gasteiger partial charge in [-0.05, 0) is 24.6 Å². The summed E-state index contributed by atoms with van der Waals surface area (Å²) in [4.78, 5) is 0.410. The molecule has 4 heteroatoms. The van der Waals surface area contributed by atoms with Crippen LogP contribution in [-0.4, -0.2) is 6.04 Å². The lowest BCUT2D eigenvalue weighted by Crippen LogP contribution is -2.22. The van der Waals surface area contributed by atoms with Crippen LogP contribution in [0.15, 0.2) is 53.4 Å². The van der Waals surface area contributed by atoms with Gasteiger partial charge in [0, 0.05) is 22.3 Å². The first-order chi connectivity index (χ1) is 9.08. The molecule has 2 rings (SSSR count). The quantitative estimate of drug-likeness (QED) is 0.851. The van der Waals surface area contributed by atoms with Crippen LogP contribution in [0, 0.1) is 11.6 Å². The van der Waals surface area contributed by atoms with Crippen LogP contribution in [0.4, 0.5) is 8.78 Å². The molecule has 0 saturated heterocycles. The predicted octanol–water partition coefficient (Wildman–Crippen LogP) is 4.15. The Bertz CT molecular complexity index is 543. The smallest absolute Gasteiger partial charge is 0.139 e. The molecule has 19 heavy (non-hydrogen) atoms. The van der Waals surface area contributed by atoms with E-state index in [1.54, 1.807) is 0 Å². The fraction of sp³-hybridized carbons (Fsp3) is 0.200. The van der Waals surface area contributed by atoms with Crippen LogP contribution < -0.4 is 5.73 Å². The lowest BCUT2D eigenvalue weighted by molar-refractivity contribution is 0.565. The molecule has 100 valence electrons. The van der Waals surface area contributed by atoms with Gasteiger partial charge < -0.3 is 5.73 Å². The van der Waals surface area contributed by atoms with Crippen LogP contribution in [0.2, 0.25) is 0 Å². The molecule has 2 N–H and O–H groups in total. The Hall–Kier alpha value is -1.39. The van der Waals surface area contributed by atoms with E-state index in [4.69, 9.17) is 5.73 Å². The van der Waals surface area contributed by atoms with E-state index in [1.165, 1.54) is 23.9 Å². The van der Waals surface area contributed by atoms with Crippen LogP contribution in [0.3, 0.4) is 0 Å². The van der Waals surface area contributed by atoms with Gasteiger partial charge in [0.05, 0.1) is 0 Å². The Morgan fingerprint density at radius 1 is 1.05 bits per heavy atom. The van der Waals surface area contributed by atoms with Crippen molar-refractivity contribution in [2.45, 2.75) is 23.1 Å². The number of hydrogen-bond donors (Lipinski definition) is 1. The minimum atomic E-state index is -0.570. The van der Waals surface area contributed by atoms with Crippen molar-refractivity contribution in [3.8, 4) is 0 Å². The minimum absolute atomic E-state index is 0.0684. The van der Waals surface area contributed by atoms with Gasteiger partial charge in [-0.3, -0.25) is 0 Å². The highest BCUT2D eigenvalue weighted by Gasteiger charge is 2.19. The summed E-state index contributed by atoms with van der Waals surface area (Å²) in [5, 5.41) is -0.0684. The van der Waals surface area contributed by atoms with Gasteiger partial charge in [0.1, 0.15) is 11.6 Å². The zero-order valence-electron chi connectivity index (χ0n) is 10.5. The lowest BCUT2D eigenvalue weighted by atomic mass is 10.1. The maximum atomic E-state index is 13.7. The summed E-state index contributed by atoms with van der Waals surface area (Å²) in [6.45, 7) is 1.88. The Kier molecular flexibility index (Phi) is 4.56. The zero-order chi connectivity index (χ0) is 13.8. The summed E-state index contributed by atoms with van der Waals surface area (Å²) >= 11 is 1.32. The van der Waals surface area contributed by atoms with Gasteiger partial charge in [0.2, 0.25) is 0 Å². The maximum absolute atomic E-state index is 13.7. The molecule has 2 unspecified atom stereocenters. The van der Waals surface area contributed by atoms with E-state index in [2.05, 4.69) is 0 Å². The predicted molar refractivity (Wildman–Crippen MR) is 75.0 cm³/mol. The monoisotopic (exact) mass is 279 g/mol. The van der Waals surface area contributed by atoms with Gasteiger partial charge in [-0.2, -0.15) is 0 Å². The molecule has 1 nitrogen and oxygen atoms in total. The summed E-state index contributed by atoms with van der Waals surface area (Å²) in [7, 11) is 0. The highest BCUT2D eigenvalue weighted by Crippen LogP contribution is 2.38. The second-order valence-corrected chi connectivity index (χ2v) is 5.57. The first kappa shape index (κ1) is 14.0. The second-order valence-electron chi connectivity index (χ2n) is 4.38. The van der Waals surface area contributed by atoms with Gasteiger partial charge >= 0.3 is 0 Å². The van der Waals surface area contributed by atoms with E-state index in [-0.39, 0.29) is 11.3 Å². The molecule has 0 heterocycles. The molecule has 0 fully saturated rings. The summed E-state index contributed by atoms with van der Waals surface area (Å²) in [5.74, 6) is -1.12. The number of nitrogens with two attached hydrogens (primary N) is 1. The van der Waals surface area contributed by atoms with Gasteiger partial charge in [-0.15, -0.1) is 11.8 Å². The third kappa shape index (κ3) is 3.55. The summed E-state index contributed by atoms with van der Waals surface area (Å²) in [6, 6.07) is 13.2. The van der Waals surface area contributed by atoms with Crippen molar-refractivity contribution < 1.29 is 8.78 Å². The third-order valence-electron chi connectivity index (χ3n) is 2.75. The highest BCUT2D eigenvalue weighted by atomic mass is 32.2. The van der Waals surface area contributed by atoms with Crippen molar-refractivity contribution in [3.05, 3.63) is 65.7 Å². The second kappa shape index (κ2) is 6.17. The Morgan fingerprint density at radius 2 is 1.74 bits per heavy atom. The van der Waals surface area contributed by atoms with Crippen LogP contribution in [0.1, 0.15) is 17.7 Å². The molecule has 0 amide bonds. The first-order valence-electron chi connectivity index (χ1n) is 6.00. The van der Waals surface area contributed by atoms with E-state index in [0.717, 1.165) is 11.6 Å². The molecule has 0 aliphatic heterocycles.